The first kappa shape index (κ1) is 16.4. The second-order valence-electron chi connectivity index (χ2n) is 5.32. The molecule has 7 nitrogen and oxygen atoms in total. The highest BCUT2D eigenvalue weighted by Crippen LogP contribution is 2.14. The Morgan fingerprint density at radius 1 is 1.16 bits per heavy atom. The highest BCUT2D eigenvalue weighted by Gasteiger charge is 2.13. The zero-order valence-corrected chi connectivity index (χ0v) is 13.7. The molecule has 0 saturated carbocycles. The predicted octanol–water partition coefficient (Wildman–Crippen LogP) is 2.09. The van der Waals surface area contributed by atoms with Crippen LogP contribution in [0.15, 0.2) is 58.4 Å². The number of aromatic nitrogens is 2. The molecular formula is C18H16N4O3. The van der Waals surface area contributed by atoms with Crippen LogP contribution in [0.4, 0.5) is 0 Å². The summed E-state index contributed by atoms with van der Waals surface area (Å²) in [7, 11) is 1.58. The van der Waals surface area contributed by atoms with Crippen molar-refractivity contribution in [1.82, 2.24) is 15.6 Å². The number of nitrogens with one attached hydrogen (secondary N) is 2. The van der Waals surface area contributed by atoms with Gasteiger partial charge in [0.2, 0.25) is 0 Å². The Morgan fingerprint density at radius 3 is 2.68 bits per heavy atom. The van der Waals surface area contributed by atoms with Crippen LogP contribution >= 0.6 is 0 Å². The molecular weight excluding hydrogens is 320 g/mol. The summed E-state index contributed by atoms with van der Waals surface area (Å²) in [6, 6.07) is 14.1. The fourth-order valence-corrected chi connectivity index (χ4v) is 2.39. The first-order chi connectivity index (χ1) is 12.1. The second kappa shape index (κ2) is 6.96. The molecule has 2 N–H and O–H groups in total. The number of rotatable bonds is 4. The Labute approximate surface area is 143 Å². The van der Waals surface area contributed by atoms with E-state index in [0.717, 1.165) is 5.56 Å². The van der Waals surface area contributed by atoms with E-state index in [2.05, 4.69) is 20.7 Å². The number of hydrogen-bond acceptors (Lipinski definition) is 5. The molecule has 0 spiro atoms. The van der Waals surface area contributed by atoms with Crippen molar-refractivity contribution in [2.75, 3.05) is 7.11 Å². The zero-order chi connectivity index (χ0) is 17.8. The van der Waals surface area contributed by atoms with Crippen molar-refractivity contribution in [3.05, 3.63) is 70.1 Å². The normalized spacial score (nSPS) is 11.4. The maximum atomic E-state index is 12.4. The Kier molecular flexibility index (Phi) is 4.56. The molecule has 0 radical (unpaired) electrons. The molecule has 1 aromatic heterocycles. The number of carbonyl (C=O) groups is 1. The summed E-state index contributed by atoms with van der Waals surface area (Å²) >= 11 is 0. The zero-order valence-electron chi connectivity index (χ0n) is 13.7. The van der Waals surface area contributed by atoms with E-state index in [0.29, 0.717) is 22.2 Å². The van der Waals surface area contributed by atoms with Crippen LogP contribution < -0.4 is 15.7 Å². The van der Waals surface area contributed by atoms with Crippen molar-refractivity contribution < 1.29 is 9.53 Å². The Hall–Kier alpha value is -3.48. The van der Waals surface area contributed by atoms with Crippen LogP contribution in [-0.2, 0) is 0 Å². The van der Waals surface area contributed by atoms with Gasteiger partial charge >= 0.3 is 0 Å². The number of H-pyrrole nitrogens is 1. The number of nitrogens with zero attached hydrogens (tertiary/aromatic N) is 2. The molecule has 2 aromatic carbocycles. The van der Waals surface area contributed by atoms with E-state index in [1.807, 2.05) is 24.3 Å². The second-order valence-corrected chi connectivity index (χ2v) is 5.32. The molecule has 3 rings (SSSR count). The molecule has 126 valence electrons. The van der Waals surface area contributed by atoms with E-state index in [4.69, 9.17) is 4.74 Å². The monoisotopic (exact) mass is 336 g/mol. The van der Waals surface area contributed by atoms with Gasteiger partial charge in [-0.3, -0.25) is 9.59 Å². The van der Waals surface area contributed by atoms with Crippen molar-refractivity contribution in [1.29, 1.82) is 0 Å². The van der Waals surface area contributed by atoms with Gasteiger partial charge in [-0.2, -0.15) is 10.2 Å². The minimum Gasteiger partial charge on any atom is -0.497 e. The molecule has 0 aliphatic heterocycles. The lowest BCUT2D eigenvalue weighted by Gasteiger charge is -2.06. The van der Waals surface area contributed by atoms with Crippen LogP contribution in [0.25, 0.3) is 10.8 Å². The average molecular weight is 336 g/mol. The lowest BCUT2D eigenvalue weighted by molar-refractivity contribution is 0.0950. The van der Waals surface area contributed by atoms with Gasteiger partial charge in [0.05, 0.1) is 18.2 Å². The lowest BCUT2D eigenvalue weighted by Crippen LogP contribution is -2.23. The largest absolute Gasteiger partial charge is 0.497 e. The topological polar surface area (TPSA) is 96.4 Å². The highest BCUT2D eigenvalue weighted by molar-refractivity contribution is 6.06. The maximum absolute atomic E-state index is 12.4. The van der Waals surface area contributed by atoms with Gasteiger partial charge in [0.25, 0.3) is 11.5 Å². The first-order valence-corrected chi connectivity index (χ1v) is 7.56. The molecule has 0 aliphatic carbocycles. The standard InChI is InChI=1S/C18H16N4O3/c1-11(12-6-5-7-13(10-12)25-2)19-22-18(24)16-14-8-3-4-9-15(14)17(23)21-20-16/h3-10H,1-2H3,(H,21,23)(H,22,24)/b19-11-. The number of hydrazone groups is 1. The third-order valence-corrected chi connectivity index (χ3v) is 3.72. The van der Waals surface area contributed by atoms with E-state index < -0.39 is 5.91 Å². The number of benzene rings is 2. The average Bonchev–Trinajstić information content (AvgIpc) is 2.66. The number of ether oxygens (including phenoxy) is 1. The van der Waals surface area contributed by atoms with Gasteiger partial charge in [0, 0.05) is 10.9 Å². The minimum atomic E-state index is -0.505. The summed E-state index contributed by atoms with van der Waals surface area (Å²) in [5.41, 5.74) is 3.66. The van der Waals surface area contributed by atoms with E-state index in [9.17, 15) is 9.59 Å². The van der Waals surface area contributed by atoms with E-state index >= 15 is 0 Å². The van der Waals surface area contributed by atoms with Gasteiger partial charge in [-0.1, -0.05) is 30.3 Å². The van der Waals surface area contributed by atoms with Crippen molar-refractivity contribution in [3.8, 4) is 5.75 Å². The molecule has 0 unspecified atom stereocenters. The van der Waals surface area contributed by atoms with Gasteiger partial charge in [0.15, 0.2) is 5.69 Å². The van der Waals surface area contributed by atoms with Crippen LogP contribution in [0.3, 0.4) is 0 Å². The molecule has 1 amide bonds. The maximum Gasteiger partial charge on any atom is 0.292 e. The van der Waals surface area contributed by atoms with Crippen LogP contribution in [0, 0.1) is 0 Å². The highest BCUT2D eigenvalue weighted by atomic mass is 16.5. The molecule has 0 aliphatic rings. The summed E-state index contributed by atoms with van der Waals surface area (Å²) in [4.78, 5) is 24.2. The van der Waals surface area contributed by atoms with Gasteiger partial charge in [-0.15, -0.1) is 0 Å². The fourth-order valence-electron chi connectivity index (χ4n) is 2.39. The molecule has 0 fully saturated rings. The van der Waals surface area contributed by atoms with E-state index in [1.165, 1.54) is 0 Å². The van der Waals surface area contributed by atoms with Gasteiger partial charge in [-0.25, -0.2) is 10.5 Å². The molecule has 0 saturated heterocycles. The first-order valence-electron chi connectivity index (χ1n) is 7.56. The molecule has 0 atom stereocenters. The predicted molar refractivity (Wildman–Crippen MR) is 95.0 cm³/mol. The molecule has 25 heavy (non-hydrogen) atoms. The van der Waals surface area contributed by atoms with Crippen molar-refractivity contribution >= 4 is 22.4 Å². The summed E-state index contributed by atoms with van der Waals surface area (Å²) in [5.74, 6) is 0.196. The minimum absolute atomic E-state index is 0.109. The number of fused-ring (bicyclic) bond motifs is 1. The van der Waals surface area contributed by atoms with Crippen LogP contribution in [-0.4, -0.2) is 28.9 Å². The molecule has 7 heteroatoms. The Balaban J connectivity index is 1.88. The summed E-state index contributed by atoms with van der Waals surface area (Å²) in [6.45, 7) is 1.77. The van der Waals surface area contributed by atoms with Crippen LogP contribution in [0.5, 0.6) is 5.75 Å². The van der Waals surface area contributed by atoms with Gasteiger partial charge < -0.3 is 4.74 Å². The number of carbonyl (C=O) groups excluding carboxylic acids is 1. The van der Waals surface area contributed by atoms with E-state index in [-0.39, 0.29) is 11.3 Å². The molecule has 0 bridgehead atoms. The lowest BCUT2D eigenvalue weighted by atomic mass is 10.1. The van der Waals surface area contributed by atoms with E-state index in [1.54, 1.807) is 38.3 Å². The summed E-state index contributed by atoms with van der Waals surface area (Å²) < 4.78 is 5.17. The SMILES string of the molecule is COc1cccc(/C(C)=N\NC(=O)c2n[nH]c(=O)c3ccccc23)c1. The van der Waals surface area contributed by atoms with Crippen molar-refractivity contribution in [2.45, 2.75) is 6.92 Å². The number of methoxy groups -OCH3 is 1. The fraction of sp³-hybridized carbons (Fsp3) is 0.111. The quantitative estimate of drug-likeness (QED) is 0.563. The molecule has 1 heterocycles. The van der Waals surface area contributed by atoms with Crippen molar-refractivity contribution in [2.24, 2.45) is 5.10 Å². The number of amides is 1. The Morgan fingerprint density at radius 2 is 1.92 bits per heavy atom. The number of hydrogen-bond donors (Lipinski definition) is 2. The summed E-state index contributed by atoms with van der Waals surface area (Å²) in [6.07, 6.45) is 0. The van der Waals surface area contributed by atoms with Gasteiger partial charge in [-0.05, 0) is 25.1 Å². The smallest absolute Gasteiger partial charge is 0.292 e. The summed E-state index contributed by atoms with van der Waals surface area (Å²) in [5, 5.41) is 11.1. The molecule has 3 aromatic rings. The van der Waals surface area contributed by atoms with Crippen LogP contribution in [0.1, 0.15) is 23.0 Å². The van der Waals surface area contributed by atoms with Crippen LogP contribution in [0.2, 0.25) is 0 Å². The Bertz CT molecular complexity index is 1020. The van der Waals surface area contributed by atoms with Gasteiger partial charge in [0.1, 0.15) is 5.75 Å². The number of aromatic amines is 1. The van der Waals surface area contributed by atoms with Crippen molar-refractivity contribution in [3.63, 3.8) is 0 Å². The third kappa shape index (κ3) is 3.40. The third-order valence-electron chi connectivity index (χ3n) is 3.72.